The van der Waals surface area contributed by atoms with Gasteiger partial charge < -0.3 is 15.3 Å². The predicted octanol–water partition coefficient (Wildman–Crippen LogP) is 5.76. The van der Waals surface area contributed by atoms with E-state index in [-0.39, 0.29) is 0 Å². The molecule has 0 amide bonds. The fourth-order valence-electron chi connectivity index (χ4n) is 4.18. The van der Waals surface area contributed by atoms with Crippen LogP contribution < -0.4 is 15.6 Å². The van der Waals surface area contributed by atoms with Crippen molar-refractivity contribution in [2.24, 2.45) is 0 Å². The van der Waals surface area contributed by atoms with Crippen LogP contribution in [0.3, 0.4) is 0 Å². The summed E-state index contributed by atoms with van der Waals surface area (Å²) in [6, 6.07) is 17.2. The highest BCUT2D eigenvalue weighted by atomic mass is 19.1. The van der Waals surface area contributed by atoms with E-state index in [1.165, 1.54) is 0 Å². The Morgan fingerprint density at radius 1 is 1.15 bits per heavy atom. The standard InChI is InChI=1S/C27H26FN3O3/c1-4-20(21-11-13-24(34-3)29-16(21)2)26(18-8-5-17(6-9-18)7-14-25(32)33)19-10-12-23-22(15-19)27(28)31-30-23/h5-15,27,30-31H,4H2,1-3H3,(H,32,33)/b14-7+,26-20+. The minimum absolute atomic E-state index is 0.544. The van der Waals surface area contributed by atoms with Crippen molar-refractivity contribution in [3.8, 4) is 5.88 Å². The Kier molecular flexibility index (Phi) is 6.75. The topological polar surface area (TPSA) is 83.5 Å². The number of ether oxygens (including phenoxy) is 1. The largest absolute Gasteiger partial charge is 0.481 e. The van der Waals surface area contributed by atoms with Crippen molar-refractivity contribution in [3.63, 3.8) is 0 Å². The number of nitrogens with zero attached hydrogens (tertiary/aromatic N) is 1. The maximum atomic E-state index is 14.4. The third-order valence-corrected chi connectivity index (χ3v) is 5.81. The Hall–Kier alpha value is -3.97. The Morgan fingerprint density at radius 2 is 1.88 bits per heavy atom. The van der Waals surface area contributed by atoms with Crippen molar-refractivity contribution in [3.05, 3.63) is 94.2 Å². The van der Waals surface area contributed by atoms with Gasteiger partial charge in [0.15, 0.2) is 6.30 Å². The highest BCUT2D eigenvalue weighted by Gasteiger charge is 2.23. The SMILES string of the molecule is CC/C(=C(/c1ccc(/C=C/C(=O)O)cc1)c1ccc2c(c1)C(F)NN2)c1ccc(OC)nc1C. The molecule has 3 aromatic rings. The van der Waals surface area contributed by atoms with Crippen molar-refractivity contribution in [2.75, 3.05) is 12.5 Å². The molecule has 0 aliphatic carbocycles. The molecule has 0 spiro atoms. The first kappa shape index (κ1) is 23.2. The second kappa shape index (κ2) is 9.89. The molecule has 4 rings (SSSR count). The molecule has 1 atom stereocenters. The maximum Gasteiger partial charge on any atom is 0.328 e. The Labute approximate surface area is 197 Å². The van der Waals surface area contributed by atoms with Gasteiger partial charge in [0.05, 0.1) is 12.8 Å². The number of methoxy groups -OCH3 is 1. The van der Waals surface area contributed by atoms with Gasteiger partial charge >= 0.3 is 5.97 Å². The number of carboxylic acid groups (broad SMARTS) is 1. The number of aryl methyl sites for hydroxylation is 1. The minimum atomic E-state index is -1.30. The van der Waals surface area contributed by atoms with E-state index in [9.17, 15) is 9.18 Å². The molecule has 1 aliphatic heterocycles. The Morgan fingerprint density at radius 3 is 2.53 bits per heavy atom. The number of aliphatic carboxylic acids is 1. The summed E-state index contributed by atoms with van der Waals surface area (Å²) < 4.78 is 19.7. The number of halogens is 1. The molecule has 1 unspecified atom stereocenters. The van der Waals surface area contributed by atoms with Gasteiger partial charge in [-0.3, -0.25) is 0 Å². The fourth-order valence-corrected chi connectivity index (χ4v) is 4.18. The van der Waals surface area contributed by atoms with E-state index >= 15 is 0 Å². The molecule has 0 saturated carbocycles. The van der Waals surface area contributed by atoms with Crippen molar-refractivity contribution in [1.29, 1.82) is 0 Å². The first-order valence-corrected chi connectivity index (χ1v) is 11.0. The average Bonchev–Trinajstić information content (AvgIpc) is 3.22. The molecule has 0 fully saturated rings. The van der Waals surface area contributed by atoms with Crippen molar-refractivity contribution >= 4 is 28.9 Å². The Bertz CT molecular complexity index is 1280. The number of carboxylic acids is 1. The molecule has 0 bridgehead atoms. The number of carbonyl (C=O) groups is 1. The van der Waals surface area contributed by atoms with E-state index in [2.05, 4.69) is 22.8 Å². The third-order valence-electron chi connectivity index (χ3n) is 5.81. The number of hydrogen-bond donors (Lipinski definition) is 3. The van der Waals surface area contributed by atoms with Gasteiger partial charge in [0.1, 0.15) is 0 Å². The van der Waals surface area contributed by atoms with Crippen LogP contribution in [0, 0.1) is 6.92 Å². The highest BCUT2D eigenvalue weighted by Crippen LogP contribution is 2.39. The van der Waals surface area contributed by atoms with Gasteiger partial charge in [0.2, 0.25) is 5.88 Å². The van der Waals surface area contributed by atoms with Gasteiger partial charge in [-0.25, -0.2) is 19.6 Å². The number of pyridine rings is 1. The predicted molar refractivity (Wildman–Crippen MR) is 132 cm³/mol. The molecule has 0 saturated heterocycles. The molecule has 6 nitrogen and oxygen atoms in total. The Balaban J connectivity index is 1.91. The van der Waals surface area contributed by atoms with Crippen LogP contribution in [0.4, 0.5) is 10.1 Å². The summed E-state index contributed by atoms with van der Waals surface area (Å²) in [4.78, 5) is 15.4. The lowest BCUT2D eigenvalue weighted by molar-refractivity contribution is -0.131. The zero-order chi connectivity index (χ0) is 24.2. The zero-order valence-electron chi connectivity index (χ0n) is 19.2. The monoisotopic (exact) mass is 459 g/mol. The van der Waals surface area contributed by atoms with Gasteiger partial charge in [-0.1, -0.05) is 37.3 Å². The van der Waals surface area contributed by atoms with E-state index in [0.29, 0.717) is 17.1 Å². The van der Waals surface area contributed by atoms with Crippen molar-refractivity contribution < 1.29 is 19.0 Å². The number of hydrogen-bond acceptors (Lipinski definition) is 5. The summed E-state index contributed by atoms with van der Waals surface area (Å²) in [6.07, 6.45) is 2.08. The molecule has 2 aromatic carbocycles. The number of nitrogens with one attached hydrogen (secondary N) is 2. The van der Waals surface area contributed by atoms with Crippen molar-refractivity contribution in [1.82, 2.24) is 10.4 Å². The van der Waals surface area contributed by atoms with Crippen LogP contribution in [0.15, 0.2) is 60.7 Å². The molecule has 0 radical (unpaired) electrons. The lowest BCUT2D eigenvalue weighted by Gasteiger charge is -2.19. The van der Waals surface area contributed by atoms with E-state index in [4.69, 9.17) is 9.84 Å². The first-order chi connectivity index (χ1) is 16.4. The normalized spacial score (nSPS) is 15.6. The summed E-state index contributed by atoms with van der Waals surface area (Å²) in [6.45, 7) is 4.02. The summed E-state index contributed by atoms with van der Waals surface area (Å²) in [5.41, 5.74) is 13.2. The average molecular weight is 460 g/mol. The second-order valence-corrected chi connectivity index (χ2v) is 7.92. The molecular weight excluding hydrogens is 433 g/mol. The van der Waals surface area contributed by atoms with Gasteiger partial charge in [-0.2, -0.15) is 0 Å². The van der Waals surface area contributed by atoms with E-state index in [0.717, 1.165) is 51.6 Å². The quantitative estimate of drug-likeness (QED) is 0.308. The number of aromatic nitrogens is 1. The fraction of sp³-hybridized carbons (Fsp3) is 0.185. The summed E-state index contributed by atoms with van der Waals surface area (Å²) in [7, 11) is 1.59. The molecule has 34 heavy (non-hydrogen) atoms. The molecular formula is C27H26FN3O3. The number of alkyl halides is 1. The van der Waals surface area contributed by atoms with E-state index < -0.39 is 12.3 Å². The summed E-state index contributed by atoms with van der Waals surface area (Å²) >= 11 is 0. The minimum Gasteiger partial charge on any atom is -0.481 e. The van der Waals surface area contributed by atoms with Gasteiger partial charge in [0.25, 0.3) is 0 Å². The number of allylic oxidation sites excluding steroid dienone is 1. The number of fused-ring (bicyclic) bond motifs is 1. The molecule has 2 heterocycles. The van der Waals surface area contributed by atoms with E-state index in [1.54, 1.807) is 13.2 Å². The van der Waals surface area contributed by atoms with Crippen LogP contribution in [-0.2, 0) is 4.79 Å². The van der Waals surface area contributed by atoms with Gasteiger partial charge in [-0.15, -0.1) is 0 Å². The van der Waals surface area contributed by atoms with Gasteiger partial charge in [0, 0.05) is 23.4 Å². The van der Waals surface area contributed by atoms with Crippen LogP contribution in [0.5, 0.6) is 5.88 Å². The molecule has 174 valence electrons. The first-order valence-electron chi connectivity index (χ1n) is 11.0. The van der Waals surface area contributed by atoms with Crippen LogP contribution in [0.1, 0.15) is 53.2 Å². The molecule has 7 heteroatoms. The van der Waals surface area contributed by atoms with Crippen LogP contribution >= 0.6 is 0 Å². The van der Waals surface area contributed by atoms with Gasteiger partial charge in [-0.05, 0) is 71.0 Å². The lowest BCUT2D eigenvalue weighted by atomic mass is 9.86. The molecule has 1 aromatic heterocycles. The van der Waals surface area contributed by atoms with Crippen molar-refractivity contribution in [2.45, 2.75) is 26.6 Å². The van der Waals surface area contributed by atoms with Crippen LogP contribution in [0.25, 0.3) is 17.2 Å². The number of benzene rings is 2. The molecule has 1 aliphatic rings. The van der Waals surface area contributed by atoms with E-state index in [1.807, 2.05) is 61.5 Å². The maximum absolute atomic E-state index is 14.4. The third kappa shape index (κ3) is 4.70. The number of hydrazine groups is 1. The van der Waals surface area contributed by atoms with Crippen LogP contribution in [0.2, 0.25) is 0 Å². The highest BCUT2D eigenvalue weighted by molar-refractivity contribution is 5.99. The second-order valence-electron chi connectivity index (χ2n) is 7.92. The summed E-state index contributed by atoms with van der Waals surface area (Å²) in [5, 5.41) is 8.91. The summed E-state index contributed by atoms with van der Waals surface area (Å²) in [5.74, 6) is -0.454. The zero-order valence-corrected chi connectivity index (χ0v) is 19.2. The smallest absolute Gasteiger partial charge is 0.328 e. The number of anilines is 1. The number of rotatable bonds is 7. The van der Waals surface area contributed by atoms with Crippen LogP contribution in [-0.4, -0.2) is 23.2 Å². The lowest BCUT2D eigenvalue weighted by Crippen LogP contribution is -2.14. The molecule has 3 N–H and O–H groups in total.